The van der Waals surface area contributed by atoms with Crippen LogP contribution < -0.4 is 5.32 Å². The maximum absolute atomic E-state index is 12.6. The predicted octanol–water partition coefficient (Wildman–Crippen LogP) is 0.864. The van der Waals surface area contributed by atoms with Crippen molar-refractivity contribution in [2.75, 3.05) is 46.6 Å². The molecule has 1 N–H and O–H groups in total. The van der Waals surface area contributed by atoms with Gasteiger partial charge in [0.15, 0.2) is 0 Å². The molecule has 1 aliphatic rings. The number of amides is 1. The van der Waals surface area contributed by atoms with Gasteiger partial charge in [0.05, 0.1) is 18.1 Å². The van der Waals surface area contributed by atoms with Gasteiger partial charge in [-0.2, -0.15) is 4.31 Å². The Labute approximate surface area is 143 Å². The van der Waals surface area contributed by atoms with Gasteiger partial charge < -0.3 is 14.8 Å². The Morgan fingerprint density at radius 1 is 1.29 bits per heavy atom. The quantitative estimate of drug-likeness (QED) is 0.699. The van der Waals surface area contributed by atoms with Crippen LogP contribution in [0.2, 0.25) is 0 Å². The van der Waals surface area contributed by atoms with E-state index in [2.05, 4.69) is 5.32 Å². The summed E-state index contributed by atoms with van der Waals surface area (Å²) in [6, 6.07) is 6.14. The molecule has 1 fully saturated rings. The number of sulfonamides is 1. The van der Waals surface area contributed by atoms with E-state index >= 15 is 0 Å². The van der Waals surface area contributed by atoms with E-state index in [0.29, 0.717) is 45.0 Å². The van der Waals surface area contributed by atoms with E-state index in [4.69, 9.17) is 9.47 Å². The van der Waals surface area contributed by atoms with Gasteiger partial charge in [-0.15, -0.1) is 0 Å². The lowest BCUT2D eigenvalue weighted by Gasteiger charge is -2.26. The summed E-state index contributed by atoms with van der Waals surface area (Å²) in [4.78, 5) is 12.3. The van der Waals surface area contributed by atoms with Crippen molar-refractivity contribution in [3.05, 3.63) is 29.8 Å². The molecule has 0 radical (unpaired) electrons. The first-order valence-corrected chi connectivity index (χ1v) is 9.45. The number of hydrogen-bond acceptors (Lipinski definition) is 5. The molecule has 2 rings (SSSR count). The molecule has 8 heteroatoms. The van der Waals surface area contributed by atoms with Crippen molar-refractivity contribution in [3.8, 4) is 0 Å². The third kappa shape index (κ3) is 5.01. The van der Waals surface area contributed by atoms with E-state index in [9.17, 15) is 13.2 Å². The molecule has 0 bridgehead atoms. The highest BCUT2D eigenvalue weighted by Gasteiger charge is 2.26. The van der Waals surface area contributed by atoms with Gasteiger partial charge >= 0.3 is 0 Å². The van der Waals surface area contributed by atoms with Gasteiger partial charge in [-0.1, -0.05) is 6.07 Å². The molecule has 1 aromatic rings. The second kappa shape index (κ2) is 9.12. The minimum absolute atomic E-state index is 0.136. The first kappa shape index (κ1) is 18.9. The Hall–Kier alpha value is -1.48. The lowest BCUT2D eigenvalue weighted by atomic mass is 10.2. The van der Waals surface area contributed by atoms with Crippen molar-refractivity contribution in [3.63, 3.8) is 0 Å². The minimum atomic E-state index is -3.59. The molecule has 1 saturated heterocycles. The number of rotatable bonds is 8. The molecule has 24 heavy (non-hydrogen) atoms. The number of hydrogen-bond donors (Lipinski definition) is 1. The van der Waals surface area contributed by atoms with Crippen LogP contribution in [0, 0.1) is 0 Å². The van der Waals surface area contributed by atoms with Gasteiger partial charge in [-0.05, 0) is 31.0 Å². The SMILES string of the molecule is COCCCCNC(=O)c1cccc(S(=O)(=O)N2CCOCC2)c1. The number of ether oxygens (including phenoxy) is 2. The highest BCUT2D eigenvalue weighted by molar-refractivity contribution is 7.89. The molecule has 1 amide bonds. The first-order chi connectivity index (χ1) is 11.6. The van der Waals surface area contributed by atoms with E-state index in [1.165, 1.54) is 16.4 Å². The number of carbonyl (C=O) groups is 1. The van der Waals surface area contributed by atoms with Gasteiger partial charge in [0.25, 0.3) is 5.91 Å². The molecule has 134 valence electrons. The van der Waals surface area contributed by atoms with Crippen LogP contribution in [0.15, 0.2) is 29.2 Å². The van der Waals surface area contributed by atoms with Crippen LogP contribution in [-0.4, -0.2) is 65.2 Å². The van der Waals surface area contributed by atoms with Crippen LogP contribution in [0.5, 0.6) is 0 Å². The average Bonchev–Trinajstić information content (AvgIpc) is 2.62. The van der Waals surface area contributed by atoms with Gasteiger partial charge in [0.1, 0.15) is 0 Å². The highest BCUT2D eigenvalue weighted by atomic mass is 32.2. The second-order valence-electron chi connectivity index (χ2n) is 5.50. The number of methoxy groups -OCH3 is 1. The Kier molecular flexibility index (Phi) is 7.16. The van der Waals surface area contributed by atoms with Gasteiger partial charge in [-0.25, -0.2) is 8.42 Å². The number of morpholine rings is 1. The van der Waals surface area contributed by atoms with E-state index in [-0.39, 0.29) is 10.8 Å². The molecule has 1 heterocycles. The molecule has 1 aromatic carbocycles. The fraction of sp³-hybridized carbons (Fsp3) is 0.562. The summed E-state index contributed by atoms with van der Waals surface area (Å²) in [5.74, 6) is -0.272. The Morgan fingerprint density at radius 3 is 2.75 bits per heavy atom. The van der Waals surface area contributed by atoms with Crippen LogP contribution >= 0.6 is 0 Å². The zero-order valence-corrected chi connectivity index (χ0v) is 14.7. The van der Waals surface area contributed by atoms with E-state index in [0.717, 1.165) is 12.8 Å². The summed E-state index contributed by atoms with van der Waals surface area (Å²) in [6.07, 6.45) is 1.67. The molecule has 0 spiro atoms. The number of nitrogens with one attached hydrogen (secondary N) is 1. The van der Waals surface area contributed by atoms with Crippen molar-refractivity contribution in [1.29, 1.82) is 0 Å². The van der Waals surface area contributed by atoms with Crippen LogP contribution in [0.25, 0.3) is 0 Å². The normalized spacial score (nSPS) is 16.0. The first-order valence-electron chi connectivity index (χ1n) is 8.01. The van der Waals surface area contributed by atoms with Crippen molar-refractivity contribution < 1.29 is 22.7 Å². The van der Waals surface area contributed by atoms with E-state index < -0.39 is 10.0 Å². The van der Waals surface area contributed by atoms with E-state index in [1.54, 1.807) is 19.2 Å². The Morgan fingerprint density at radius 2 is 2.04 bits per heavy atom. The number of unbranched alkanes of at least 4 members (excludes halogenated alkanes) is 1. The van der Waals surface area contributed by atoms with Gasteiger partial charge in [0, 0.05) is 38.9 Å². The molecular weight excluding hydrogens is 332 g/mol. The molecule has 7 nitrogen and oxygen atoms in total. The Bertz CT molecular complexity index is 642. The van der Waals surface area contributed by atoms with Crippen LogP contribution in [0.3, 0.4) is 0 Å². The molecule has 0 saturated carbocycles. The standard InChI is InChI=1S/C16H24N2O5S/c1-22-10-3-2-7-17-16(19)14-5-4-6-15(13-14)24(20,21)18-8-11-23-12-9-18/h4-6,13H,2-3,7-12H2,1H3,(H,17,19). The predicted molar refractivity (Wildman–Crippen MR) is 89.5 cm³/mol. The lowest BCUT2D eigenvalue weighted by Crippen LogP contribution is -2.40. The molecule has 0 atom stereocenters. The van der Waals surface area contributed by atoms with Crippen LogP contribution in [0.4, 0.5) is 0 Å². The maximum atomic E-state index is 12.6. The fourth-order valence-electron chi connectivity index (χ4n) is 2.41. The zero-order chi connectivity index (χ0) is 17.4. The maximum Gasteiger partial charge on any atom is 0.251 e. The molecular formula is C16H24N2O5S. The van der Waals surface area contributed by atoms with E-state index in [1.807, 2.05) is 0 Å². The third-order valence-electron chi connectivity index (χ3n) is 3.76. The number of nitrogens with zero attached hydrogens (tertiary/aromatic N) is 1. The largest absolute Gasteiger partial charge is 0.385 e. The van der Waals surface area contributed by atoms with Crippen LogP contribution in [0.1, 0.15) is 23.2 Å². The van der Waals surface area contributed by atoms with Crippen molar-refractivity contribution in [1.82, 2.24) is 9.62 Å². The fourth-order valence-corrected chi connectivity index (χ4v) is 3.86. The summed E-state index contributed by atoms with van der Waals surface area (Å²) in [5, 5.41) is 2.79. The molecule has 0 aromatic heterocycles. The third-order valence-corrected chi connectivity index (χ3v) is 5.66. The second-order valence-corrected chi connectivity index (χ2v) is 7.44. The summed E-state index contributed by atoms with van der Waals surface area (Å²) in [5.41, 5.74) is 0.344. The highest BCUT2D eigenvalue weighted by Crippen LogP contribution is 2.18. The van der Waals surface area contributed by atoms with Crippen molar-refractivity contribution in [2.45, 2.75) is 17.7 Å². The minimum Gasteiger partial charge on any atom is -0.385 e. The monoisotopic (exact) mass is 356 g/mol. The summed E-state index contributed by atoms with van der Waals surface area (Å²) in [6.45, 7) is 2.63. The molecule has 0 aliphatic carbocycles. The zero-order valence-electron chi connectivity index (χ0n) is 13.9. The summed E-state index contributed by atoms with van der Waals surface area (Å²) in [7, 11) is -1.96. The van der Waals surface area contributed by atoms with Gasteiger partial charge in [-0.3, -0.25) is 4.79 Å². The number of carbonyl (C=O) groups excluding carboxylic acids is 1. The molecule has 0 unspecified atom stereocenters. The Balaban J connectivity index is 2.01. The van der Waals surface area contributed by atoms with Crippen LogP contribution in [-0.2, 0) is 19.5 Å². The van der Waals surface area contributed by atoms with Crippen molar-refractivity contribution in [2.24, 2.45) is 0 Å². The topological polar surface area (TPSA) is 84.9 Å². The van der Waals surface area contributed by atoms with Crippen molar-refractivity contribution >= 4 is 15.9 Å². The van der Waals surface area contributed by atoms with Gasteiger partial charge in [0.2, 0.25) is 10.0 Å². The summed E-state index contributed by atoms with van der Waals surface area (Å²) < 4.78 is 36.8. The number of benzene rings is 1. The summed E-state index contributed by atoms with van der Waals surface area (Å²) >= 11 is 0. The molecule has 1 aliphatic heterocycles. The lowest BCUT2D eigenvalue weighted by molar-refractivity contribution is 0.0730. The average molecular weight is 356 g/mol. The smallest absolute Gasteiger partial charge is 0.251 e.